The van der Waals surface area contributed by atoms with Crippen LogP contribution in [0.3, 0.4) is 0 Å². The van der Waals surface area contributed by atoms with E-state index in [1.807, 2.05) is 0 Å². The van der Waals surface area contributed by atoms with Crippen LogP contribution in [0.4, 0.5) is 0 Å². The average Bonchev–Trinajstić information content (AvgIpc) is 3.75. The Kier molecular flexibility index (Phi) is 7.14. The number of hydrogen-bond acceptors (Lipinski definition) is 1. The molecule has 0 saturated heterocycles. The molecule has 0 atom stereocenters. The van der Waals surface area contributed by atoms with Gasteiger partial charge in [-0.15, -0.1) is 0 Å². The van der Waals surface area contributed by atoms with Gasteiger partial charge in [-0.1, -0.05) is 158 Å². The lowest BCUT2D eigenvalue weighted by molar-refractivity contribution is 1.05. The van der Waals surface area contributed by atoms with Crippen LogP contribution in [0, 0.1) is 0 Å². The molecule has 0 aliphatic heterocycles. The van der Waals surface area contributed by atoms with Crippen LogP contribution in [0.5, 0.6) is 0 Å². The number of aromatic nitrogens is 3. The third-order valence-electron chi connectivity index (χ3n) is 10.1. The van der Waals surface area contributed by atoms with E-state index in [9.17, 15) is 0 Å². The first-order chi connectivity index (χ1) is 25.8. The SMILES string of the molecule is c1ccc(-c2cc(-c3ccccc3)nc(-n3c(-c4ccccc4)c(-c4ccc(-n5c6ccccc6c6ccccc65)cc4)c4ccccc43)c2)cc1. The Morgan fingerprint density at radius 2 is 0.808 bits per heavy atom. The molecule has 3 aromatic heterocycles. The molecule has 3 nitrogen and oxygen atoms in total. The fraction of sp³-hybridized carbons (Fsp3) is 0. The third kappa shape index (κ3) is 4.94. The Hall–Kier alpha value is -6.97. The Morgan fingerprint density at radius 3 is 1.40 bits per heavy atom. The highest BCUT2D eigenvalue weighted by atomic mass is 15.1. The molecule has 3 heterocycles. The normalized spacial score (nSPS) is 11.5. The zero-order chi connectivity index (χ0) is 34.4. The van der Waals surface area contributed by atoms with Gasteiger partial charge in [0.05, 0.1) is 27.9 Å². The molecule has 3 heteroatoms. The van der Waals surface area contributed by atoms with E-state index in [1.54, 1.807) is 0 Å². The van der Waals surface area contributed by atoms with Crippen LogP contribution in [0.2, 0.25) is 0 Å². The van der Waals surface area contributed by atoms with Gasteiger partial charge in [0.25, 0.3) is 0 Å². The average molecular weight is 664 g/mol. The molecule has 0 N–H and O–H groups in total. The molecule has 0 spiro atoms. The minimum Gasteiger partial charge on any atom is -0.309 e. The second-order valence-corrected chi connectivity index (χ2v) is 13.2. The van der Waals surface area contributed by atoms with E-state index in [-0.39, 0.29) is 0 Å². The minimum absolute atomic E-state index is 0.878. The maximum atomic E-state index is 5.41. The number of hydrogen-bond donors (Lipinski definition) is 0. The van der Waals surface area contributed by atoms with Crippen molar-refractivity contribution in [2.24, 2.45) is 0 Å². The summed E-state index contributed by atoms with van der Waals surface area (Å²) in [4.78, 5) is 5.41. The van der Waals surface area contributed by atoms with Gasteiger partial charge in [0.15, 0.2) is 0 Å². The smallest absolute Gasteiger partial charge is 0.138 e. The molecule has 244 valence electrons. The van der Waals surface area contributed by atoms with Crippen molar-refractivity contribution in [3.63, 3.8) is 0 Å². The summed E-state index contributed by atoms with van der Waals surface area (Å²) in [5.74, 6) is 0.878. The highest BCUT2D eigenvalue weighted by Gasteiger charge is 2.23. The predicted molar refractivity (Wildman–Crippen MR) is 217 cm³/mol. The Bertz CT molecular complexity index is 2750. The molecular weight excluding hydrogens is 631 g/mol. The first kappa shape index (κ1) is 29.9. The van der Waals surface area contributed by atoms with Gasteiger partial charge in [-0.3, -0.25) is 4.57 Å². The van der Waals surface area contributed by atoms with Crippen LogP contribution < -0.4 is 0 Å². The Morgan fingerprint density at radius 1 is 0.327 bits per heavy atom. The molecule has 0 amide bonds. The predicted octanol–water partition coefficient (Wildman–Crippen LogP) is 12.8. The summed E-state index contributed by atoms with van der Waals surface area (Å²) in [6.45, 7) is 0. The number of nitrogens with zero attached hydrogens (tertiary/aromatic N) is 3. The van der Waals surface area contributed by atoms with Crippen molar-refractivity contribution in [2.75, 3.05) is 0 Å². The molecule has 0 bridgehead atoms. The van der Waals surface area contributed by atoms with E-state index < -0.39 is 0 Å². The highest BCUT2D eigenvalue weighted by Crippen LogP contribution is 2.44. The van der Waals surface area contributed by atoms with E-state index in [0.717, 1.165) is 56.2 Å². The summed E-state index contributed by atoms with van der Waals surface area (Å²) < 4.78 is 4.74. The molecule has 0 aliphatic carbocycles. The van der Waals surface area contributed by atoms with Gasteiger partial charge in [0, 0.05) is 33.0 Å². The number of para-hydroxylation sites is 3. The van der Waals surface area contributed by atoms with Gasteiger partial charge in [-0.2, -0.15) is 0 Å². The second-order valence-electron chi connectivity index (χ2n) is 13.2. The molecule has 0 aliphatic rings. The van der Waals surface area contributed by atoms with Crippen molar-refractivity contribution in [2.45, 2.75) is 0 Å². The van der Waals surface area contributed by atoms with Gasteiger partial charge in [0.2, 0.25) is 0 Å². The third-order valence-corrected chi connectivity index (χ3v) is 10.1. The lowest BCUT2D eigenvalue weighted by Crippen LogP contribution is -2.02. The molecule has 52 heavy (non-hydrogen) atoms. The first-order valence-electron chi connectivity index (χ1n) is 17.7. The molecule has 0 fully saturated rings. The topological polar surface area (TPSA) is 22.8 Å². The Balaban J connectivity index is 1.23. The molecule has 7 aromatic carbocycles. The molecule has 0 radical (unpaired) electrons. The zero-order valence-electron chi connectivity index (χ0n) is 28.4. The molecule has 0 unspecified atom stereocenters. The lowest BCUT2D eigenvalue weighted by Gasteiger charge is -2.16. The van der Waals surface area contributed by atoms with Gasteiger partial charge in [-0.25, -0.2) is 4.98 Å². The largest absolute Gasteiger partial charge is 0.309 e. The number of rotatable bonds is 6. The fourth-order valence-corrected chi connectivity index (χ4v) is 7.80. The minimum atomic E-state index is 0.878. The Labute approximate surface area is 302 Å². The number of benzene rings is 7. The number of fused-ring (bicyclic) bond motifs is 4. The van der Waals surface area contributed by atoms with Gasteiger partial charge in [-0.05, 0) is 64.7 Å². The highest BCUT2D eigenvalue weighted by molar-refractivity contribution is 6.09. The van der Waals surface area contributed by atoms with E-state index in [1.165, 1.54) is 32.8 Å². The van der Waals surface area contributed by atoms with E-state index >= 15 is 0 Å². The van der Waals surface area contributed by atoms with Crippen molar-refractivity contribution in [1.29, 1.82) is 0 Å². The molecule has 10 rings (SSSR count). The summed E-state index contributed by atoms with van der Waals surface area (Å²) >= 11 is 0. The van der Waals surface area contributed by atoms with Gasteiger partial charge < -0.3 is 4.57 Å². The van der Waals surface area contributed by atoms with E-state index in [2.05, 4.69) is 209 Å². The van der Waals surface area contributed by atoms with Crippen molar-refractivity contribution < 1.29 is 0 Å². The monoisotopic (exact) mass is 663 g/mol. The van der Waals surface area contributed by atoms with E-state index in [4.69, 9.17) is 4.98 Å². The van der Waals surface area contributed by atoms with Crippen molar-refractivity contribution in [3.8, 4) is 56.3 Å². The van der Waals surface area contributed by atoms with Gasteiger partial charge >= 0.3 is 0 Å². The van der Waals surface area contributed by atoms with Crippen LogP contribution in [0.15, 0.2) is 200 Å². The van der Waals surface area contributed by atoms with Crippen LogP contribution in [-0.4, -0.2) is 14.1 Å². The van der Waals surface area contributed by atoms with Crippen LogP contribution in [-0.2, 0) is 0 Å². The summed E-state index contributed by atoms with van der Waals surface area (Å²) in [5, 5.41) is 3.70. The first-order valence-corrected chi connectivity index (χ1v) is 17.7. The fourth-order valence-electron chi connectivity index (χ4n) is 7.80. The van der Waals surface area contributed by atoms with Crippen molar-refractivity contribution in [1.82, 2.24) is 14.1 Å². The quantitative estimate of drug-likeness (QED) is 0.174. The summed E-state index contributed by atoms with van der Waals surface area (Å²) in [6, 6.07) is 71.4. The molecule has 0 saturated carbocycles. The van der Waals surface area contributed by atoms with Crippen LogP contribution in [0.1, 0.15) is 0 Å². The molecule has 10 aromatic rings. The van der Waals surface area contributed by atoms with Crippen LogP contribution >= 0.6 is 0 Å². The second kappa shape index (κ2) is 12.4. The summed E-state index contributed by atoms with van der Waals surface area (Å²) in [6.07, 6.45) is 0. The van der Waals surface area contributed by atoms with Crippen molar-refractivity contribution >= 4 is 32.7 Å². The summed E-state index contributed by atoms with van der Waals surface area (Å²) in [5.41, 5.74) is 13.5. The lowest BCUT2D eigenvalue weighted by atomic mass is 9.98. The van der Waals surface area contributed by atoms with Crippen LogP contribution in [0.25, 0.3) is 89.0 Å². The van der Waals surface area contributed by atoms with Gasteiger partial charge in [0.1, 0.15) is 5.82 Å². The summed E-state index contributed by atoms with van der Waals surface area (Å²) in [7, 11) is 0. The van der Waals surface area contributed by atoms with Crippen molar-refractivity contribution in [3.05, 3.63) is 200 Å². The number of pyridine rings is 1. The standard InChI is InChI=1S/C49H33N3/c1-4-16-34(17-5-1)38-32-43(35-18-6-2-7-19-35)50-47(33-38)52-46-27-15-12-24-42(46)48(49(52)37-20-8-3-9-21-37)36-28-30-39(31-29-36)51-44-25-13-10-22-40(44)41-23-11-14-26-45(41)51/h1-33H. The molecular formula is C49H33N3. The zero-order valence-corrected chi connectivity index (χ0v) is 28.4. The maximum Gasteiger partial charge on any atom is 0.138 e. The maximum absolute atomic E-state index is 5.41. The van der Waals surface area contributed by atoms with E-state index in [0.29, 0.717) is 0 Å².